The van der Waals surface area contributed by atoms with Crippen molar-refractivity contribution >= 4 is 5.97 Å². The minimum Gasteiger partial charge on any atom is -0.510 e. The molecule has 0 fully saturated rings. The molecule has 1 aromatic rings. The minimum absolute atomic E-state index is 0.0395. The number of benzene rings is 1. The molecule has 0 aliphatic carbocycles. The highest BCUT2D eigenvalue weighted by molar-refractivity contribution is 5.86. The van der Waals surface area contributed by atoms with Crippen LogP contribution in [0, 0.1) is 4.91 Å². The Balaban J connectivity index is 2.94. The van der Waals surface area contributed by atoms with E-state index < -0.39 is 17.4 Å². The zero-order valence-corrected chi connectivity index (χ0v) is 10.0. The number of aliphatic hydroxyl groups excluding tert-OH is 1. The molecule has 0 amide bonds. The lowest BCUT2D eigenvalue weighted by Crippen LogP contribution is -2.06. The van der Waals surface area contributed by atoms with Crippen LogP contribution in [0.3, 0.4) is 0 Å². The molecule has 1 aromatic carbocycles. The van der Waals surface area contributed by atoms with Gasteiger partial charge in [-0.2, -0.15) is 0 Å². The van der Waals surface area contributed by atoms with E-state index in [0.29, 0.717) is 0 Å². The molecule has 18 heavy (non-hydrogen) atoms. The first-order valence-electron chi connectivity index (χ1n) is 5.63. The van der Waals surface area contributed by atoms with Crippen LogP contribution in [-0.2, 0) is 4.79 Å². The van der Waals surface area contributed by atoms with Crippen LogP contribution < -0.4 is 0 Å². The molecule has 0 saturated carbocycles. The summed E-state index contributed by atoms with van der Waals surface area (Å²) in [5.41, 5.74) is 0.173. The zero-order valence-electron chi connectivity index (χ0n) is 10.0. The summed E-state index contributed by atoms with van der Waals surface area (Å²) < 4.78 is 0. The van der Waals surface area contributed by atoms with Gasteiger partial charge in [0, 0.05) is 6.42 Å². The summed E-state index contributed by atoms with van der Waals surface area (Å²) in [6, 6.07) is 9.41. The largest absolute Gasteiger partial charge is 0.510 e. The lowest BCUT2D eigenvalue weighted by atomic mass is 9.92. The molecule has 1 atom stereocenters. The van der Waals surface area contributed by atoms with Crippen molar-refractivity contribution in [1.29, 1.82) is 0 Å². The molecule has 5 heteroatoms. The van der Waals surface area contributed by atoms with Gasteiger partial charge >= 0.3 is 5.97 Å². The molecule has 0 bridgehead atoms. The smallest absolute Gasteiger partial charge is 0.361 e. The number of aliphatic hydroxyl groups is 1. The standard InChI is InChI=1S/C13H15NO4/c1-2-9(10-6-4-3-5-7-10)8-11(15)12(14-18)13(16)17/h3-7,9,15H,2,8H2,1H3,(H,16,17). The van der Waals surface area contributed by atoms with Gasteiger partial charge in [-0.3, -0.25) is 0 Å². The van der Waals surface area contributed by atoms with Gasteiger partial charge in [-0.05, 0) is 23.1 Å². The monoisotopic (exact) mass is 249 g/mol. The molecular formula is C13H15NO4. The number of allylic oxidation sites excluding steroid dienone is 1. The van der Waals surface area contributed by atoms with E-state index >= 15 is 0 Å². The first-order chi connectivity index (χ1) is 8.60. The fraction of sp³-hybridized carbons (Fsp3) is 0.308. The maximum atomic E-state index is 10.7. The Morgan fingerprint density at radius 1 is 1.28 bits per heavy atom. The lowest BCUT2D eigenvalue weighted by Gasteiger charge is -2.14. The van der Waals surface area contributed by atoms with Gasteiger partial charge in [-0.1, -0.05) is 37.3 Å². The lowest BCUT2D eigenvalue weighted by molar-refractivity contribution is -0.132. The average molecular weight is 249 g/mol. The normalized spacial score (nSPS) is 13.6. The predicted octanol–water partition coefficient (Wildman–Crippen LogP) is 3.19. The van der Waals surface area contributed by atoms with Gasteiger partial charge < -0.3 is 10.2 Å². The van der Waals surface area contributed by atoms with Gasteiger partial charge in [0.05, 0.1) is 0 Å². The number of carbonyl (C=O) groups is 1. The number of rotatable bonds is 6. The van der Waals surface area contributed by atoms with Gasteiger partial charge in [0.15, 0.2) is 0 Å². The van der Waals surface area contributed by atoms with E-state index in [-0.39, 0.29) is 12.3 Å². The molecular weight excluding hydrogens is 234 g/mol. The van der Waals surface area contributed by atoms with E-state index in [1.165, 1.54) is 0 Å². The molecule has 5 nitrogen and oxygen atoms in total. The number of hydrogen-bond donors (Lipinski definition) is 2. The Hall–Kier alpha value is -2.17. The maximum Gasteiger partial charge on any atom is 0.361 e. The van der Waals surface area contributed by atoms with Crippen molar-refractivity contribution in [1.82, 2.24) is 0 Å². The van der Waals surface area contributed by atoms with Gasteiger partial charge in [-0.25, -0.2) is 4.79 Å². The van der Waals surface area contributed by atoms with Crippen LogP contribution in [0.25, 0.3) is 0 Å². The quantitative estimate of drug-likeness (QED) is 0.460. The van der Waals surface area contributed by atoms with Crippen LogP contribution in [-0.4, -0.2) is 16.2 Å². The Kier molecular flexibility index (Phi) is 5.05. The van der Waals surface area contributed by atoms with Crippen molar-refractivity contribution in [2.75, 3.05) is 0 Å². The summed E-state index contributed by atoms with van der Waals surface area (Å²) in [4.78, 5) is 21.0. The van der Waals surface area contributed by atoms with Gasteiger partial charge in [0.25, 0.3) is 0 Å². The Bertz CT molecular complexity index is 453. The van der Waals surface area contributed by atoms with E-state index in [9.17, 15) is 14.8 Å². The SMILES string of the molecule is CCC(CC(O)=C(N=O)C(=O)O)c1ccccc1. The van der Waals surface area contributed by atoms with E-state index in [2.05, 4.69) is 5.18 Å². The number of aliphatic carboxylic acids is 1. The Morgan fingerprint density at radius 2 is 1.89 bits per heavy atom. The molecule has 96 valence electrons. The van der Waals surface area contributed by atoms with Crippen molar-refractivity contribution in [2.24, 2.45) is 5.18 Å². The number of carboxylic acid groups (broad SMARTS) is 1. The van der Waals surface area contributed by atoms with E-state index in [4.69, 9.17) is 5.11 Å². The molecule has 0 spiro atoms. The highest BCUT2D eigenvalue weighted by atomic mass is 16.4. The number of carboxylic acids is 1. The molecule has 0 aromatic heterocycles. The second kappa shape index (κ2) is 6.54. The van der Waals surface area contributed by atoms with Crippen LogP contribution in [0.5, 0.6) is 0 Å². The van der Waals surface area contributed by atoms with E-state index in [1.54, 1.807) is 0 Å². The first kappa shape index (κ1) is 13.9. The molecule has 2 N–H and O–H groups in total. The molecule has 0 saturated heterocycles. The fourth-order valence-electron chi connectivity index (χ4n) is 1.77. The van der Waals surface area contributed by atoms with Crippen molar-refractivity contribution in [3.63, 3.8) is 0 Å². The van der Waals surface area contributed by atoms with Crippen molar-refractivity contribution in [3.05, 3.63) is 52.3 Å². The first-order valence-corrected chi connectivity index (χ1v) is 5.63. The summed E-state index contributed by atoms with van der Waals surface area (Å²) in [5, 5.41) is 20.7. The zero-order chi connectivity index (χ0) is 13.5. The van der Waals surface area contributed by atoms with Crippen LogP contribution >= 0.6 is 0 Å². The summed E-state index contributed by atoms with van der Waals surface area (Å²) in [5.74, 6) is -2.03. The summed E-state index contributed by atoms with van der Waals surface area (Å²) in [6.45, 7) is 1.93. The second-order valence-electron chi connectivity index (χ2n) is 3.91. The summed E-state index contributed by atoms with van der Waals surface area (Å²) in [6.07, 6.45) is 0.813. The Labute approximate surface area is 105 Å². The highest BCUT2D eigenvalue weighted by Crippen LogP contribution is 2.27. The molecule has 0 aliphatic rings. The maximum absolute atomic E-state index is 10.7. The Morgan fingerprint density at radius 3 is 2.33 bits per heavy atom. The molecule has 0 aliphatic heterocycles. The van der Waals surface area contributed by atoms with Crippen molar-refractivity contribution in [3.8, 4) is 0 Å². The fourth-order valence-corrected chi connectivity index (χ4v) is 1.77. The highest BCUT2D eigenvalue weighted by Gasteiger charge is 2.19. The third kappa shape index (κ3) is 3.41. The number of hydrogen-bond acceptors (Lipinski definition) is 4. The van der Waals surface area contributed by atoms with E-state index in [0.717, 1.165) is 12.0 Å². The van der Waals surface area contributed by atoms with Crippen molar-refractivity contribution in [2.45, 2.75) is 25.7 Å². The second-order valence-corrected chi connectivity index (χ2v) is 3.91. The predicted molar refractivity (Wildman–Crippen MR) is 67.2 cm³/mol. The number of nitroso groups, excluding NO2 is 1. The summed E-state index contributed by atoms with van der Waals surface area (Å²) >= 11 is 0. The molecule has 0 heterocycles. The van der Waals surface area contributed by atoms with Gasteiger partial charge in [-0.15, -0.1) is 4.91 Å². The number of nitrogens with zero attached hydrogens (tertiary/aromatic N) is 1. The van der Waals surface area contributed by atoms with Crippen LogP contribution in [0.1, 0.15) is 31.2 Å². The third-order valence-electron chi connectivity index (χ3n) is 2.77. The van der Waals surface area contributed by atoms with Crippen LogP contribution in [0.2, 0.25) is 0 Å². The van der Waals surface area contributed by atoms with Crippen LogP contribution in [0.4, 0.5) is 0 Å². The molecule has 0 radical (unpaired) electrons. The topological polar surface area (TPSA) is 87.0 Å². The molecule has 1 rings (SSSR count). The molecule has 1 unspecified atom stereocenters. The van der Waals surface area contributed by atoms with Crippen molar-refractivity contribution < 1.29 is 15.0 Å². The minimum atomic E-state index is -1.51. The van der Waals surface area contributed by atoms with Crippen LogP contribution in [0.15, 0.2) is 47.0 Å². The van der Waals surface area contributed by atoms with E-state index in [1.807, 2.05) is 37.3 Å². The summed E-state index contributed by atoms with van der Waals surface area (Å²) in [7, 11) is 0. The average Bonchev–Trinajstić information content (AvgIpc) is 2.37. The van der Waals surface area contributed by atoms with Gasteiger partial charge in [0.2, 0.25) is 5.70 Å². The third-order valence-corrected chi connectivity index (χ3v) is 2.77. The van der Waals surface area contributed by atoms with Gasteiger partial charge in [0.1, 0.15) is 5.76 Å².